The summed E-state index contributed by atoms with van der Waals surface area (Å²) in [7, 11) is 1.42. The molecule has 1 aromatic carbocycles. The van der Waals surface area contributed by atoms with Crippen LogP contribution in [-0.4, -0.2) is 24.0 Å². The molecule has 0 radical (unpaired) electrons. The van der Waals surface area contributed by atoms with Crippen molar-refractivity contribution in [1.82, 2.24) is 0 Å². The molecule has 0 aliphatic heterocycles. The lowest BCUT2D eigenvalue weighted by atomic mass is 9.94. The Kier molecular flexibility index (Phi) is 6.76. The number of hydrogen-bond donors (Lipinski definition) is 3. The predicted octanol–water partition coefficient (Wildman–Crippen LogP) is 2.66. The molecule has 0 saturated heterocycles. The number of ether oxygens (including phenoxy) is 1. The first-order valence-electron chi connectivity index (χ1n) is 7.60. The summed E-state index contributed by atoms with van der Waals surface area (Å²) in [5.74, 6) is -1.99. The number of ketones is 1. The summed E-state index contributed by atoms with van der Waals surface area (Å²) >= 11 is 0. The van der Waals surface area contributed by atoms with E-state index in [-0.39, 0.29) is 35.7 Å². The van der Waals surface area contributed by atoms with E-state index in [0.29, 0.717) is 17.7 Å². The topological polar surface area (TPSA) is 116 Å². The molecule has 1 unspecified atom stereocenters. The number of halogens is 1. The number of rotatable bonds is 8. The third-order valence-electron chi connectivity index (χ3n) is 3.86. The fourth-order valence-electron chi connectivity index (χ4n) is 2.24. The van der Waals surface area contributed by atoms with Crippen LogP contribution in [-0.2, 0) is 9.59 Å². The normalized spacial score (nSPS) is 12.8. The van der Waals surface area contributed by atoms with Crippen molar-refractivity contribution >= 4 is 23.5 Å². The van der Waals surface area contributed by atoms with Crippen LogP contribution < -0.4 is 16.2 Å². The number of carboxylic acids is 1. The standard InChI is InChI=1S/C17H23FN2O4/c1-4-9(2)15-13(24-3)8-10(17(20)16(15)18)7-11(19)12(21)5-6-14(22)23/h7-9H,4-6,19-20H2,1-3H3,(H,22,23)/b11-7-. The molecule has 7 heteroatoms. The Balaban J connectivity index is 3.25. The molecular formula is C17H23FN2O4. The fraction of sp³-hybridized carbons (Fsp3) is 0.412. The molecule has 1 atom stereocenters. The number of nitrogens with two attached hydrogens (primary N) is 2. The third-order valence-corrected chi connectivity index (χ3v) is 3.86. The maximum Gasteiger partial charge on any atom is 0.303 e. The van der Waals surface area contributed by atoms with E-state index in [2.05, 4.69) is 0 Å². The molecule has 0 bridgehead atoms. The molecular weight excluding hydrogens is 315 g/mol. The highest BCUT2D eigenvalue weighted by molar-refractivity contribution is 6.00. The largest absolute Gasteiger partial charge is 0.496 e. The van der Waals surface area contributed by atoms with Gasteiger partial charge in [-0.1, -0.05) is 13.8 Å². The van der Waals surface area contributed by atoms with Gasteiger partial charge in [0, 0.05) is 17.5 Å². The van der Waals surface area contributed by atoms with Gasteiger partial charge in [0.1, 0.15) is 5.75 Å². The van der Waals surface area contributed by atoms with Gasteiger partial charge >= 0.3 is 5.97 Å². The molecule has 1 aromatic rings. The SMILES string of the molecule is CCC(C)c1c(OC)cc(/C=C(\N)C(=O)CCC(=O)O)c(N)c1F. The first kappa shape index (κ1) is 19.5. The lowest BCUT2D eigenvalue weighted by molar-refractivity contribution is -0.138. The highest BCUT2D eigenvalue weighted by Crippen LogP contribution is 2.36. The highest BCUT2D eigenvalue weighted by atomic mass is 19.1. The second-order valence-electron chi connectivity index (χ2n) is 5.54. The van der Waals surface area contributed by atoms with Gasteiger partial charge in [0.05, 0.1) is 24.9 Å². The van der Waals surface area contributed by atoms with Crippen LogP contribution in [0.5, 0.6) is 5.75 Å². The van der Waals surface area contributed by atoms with Crippen LogP contribution >= 0.6 is 0 Å². The summed E-state index contributed by atoms with van der Waals surface area (Å²) in [6, 6.07) is 1.53. The van der Waals surface area contributed by atoms with E-state index in [4.69, 9.17) is 21.3 Å². The maximum atomic E-state index is 14.6. The molecule has 0 saturated carbocycles. The minimum absolute atomic E-state index is 0.0881. The average Bonchev–Trinajstić information content (AvgIpc) is 2.55. The number of carboxylic acid groups (broad SMARTS) is 1. The van der Waals surface area contributed by atoms with Gasteiger partial charge in [-0.15, -0.1) is 0 Å². The molecule has 0 aliphatic carbocycles. The number of Topliss-reactive ketones (excluding diaryl/α,β-unsaturated/α-hetero) is 1. The molecule has 0 aromatic heterocycles. The number of nitrogen functional groups attached to an aromatic ring is 1. The van der Waals surface area contributed by atoms with Crippen LogP contribution in [0.4, 0.5) is 10.1 Å². The van der Waals surface area contributed by atoms with Crippen molar-refractivity contribution < 1.29 is 23.8 Å². The maximum absolute atomic E-state index is 14.6. The lowest BCUT2D eigenvalue weighted by Gasteiger charge is -2.18. The number of benzene rings is 1. The third kappa shape index (κ3) is 4.47. The molecule has 0 aliphatic rings. The number of hydrogen-bond acceptors (Lipinski definition) is 5. The minimum Gasteiger partial charge on any atom is -0.496 e. The average molecular weight is 338 g/mol. The molecule has 6 nitrogen and oxygen atoms in total. The molecule has 0 amide bonds. The Hall–Kier alpha value is -2.57. The van der Waals surface area contributed by atoms with Crippen LogP contribution in [0, 0.1) is 5.82 Å². The summed E-state index contributed by atoms with van der Waals surface area (Å²) in [5, 5.41) is 8.59. The van der Waals surface area contributed by atoms with Gasteiger partial charge < -0.3 is 21.3 Å². The predicted molar refractivity (Wildman–Crippen MR) is 90.1 cm³/mol. The van der Waals surface area contributed by atoms with Crippen molar-refractivity contribution in [2.75, 3.05) is 12.8 Å². The zero-order valence-electron chi connectivity index (χ0n) is 14.1. The van der Waals surface area contributed by atoms with Gasteiger partial charge in [-0.05, 0) is 24.5 Å². The van der Waals surface area contributed by atoms with Gasteiger partial charge in [0.25, 0.3) is 0 Å². The molecule has 0 spiro atoms. The van der Waals surface area contributed by atoms with E-state index in [1.807, 2.05) is 13.8 Å². The monoisotopic (exact) mass is 338 g/mol. The van der Waals surface area contributed by atoms with Crippen LogP contribution in [0.1, 0.15) is 50.2 Å². The van der Waals surface area contributed by atoms with Gasteiger partial charge in [-0.25, -0.2) is 4.39 Å². The summed E-state index contributed by atoms with van der Waals surface area (Å²) in [6.45, 7) is 3.78. The zero-order chi connectivity index (χ0) is 18.4. The number of carbonyl (C=O) groups is 2. The summed E-state index contributed by atoms with van der Waals surface area (Å²) in [6.07, 6.45) is 1.39. The summed E-state index contributed by atoms with van der Waals surface area (Å²) in [4.78, 5) is 22.3. The Bertz CT molecular complexity index is 671. The van der Waals surface area contributed by atoms with Crippen LogP contribution in [0.15, 0.2) is 11.8 Å². The smallest absolute Gasteiger partial charge is 0.303 e. The Morgan fingerprint density at radius 2 is 2.04 bits per heavy atom. The van der Waals surface area contributed by atoms with Gasteiger partial charge in [-0.2, -0.15) is 0 Å². The van der Waals surface area contributed by atoms with Crippen LogP contribution in [0.2, 0.25) is 0 Å². The Labute approximate surface area is 140 Å². The van der Waals surface area contributed by atoms with E-state index in [1.165, 1.54) is 19.3 Å². The highest BCUT2D eigenvalue weighted by Gasteiger charge is 2.21. The van der Waals surface area contributed by atoms with Crippen molar-refractivity contribution in [2.45, 2.75) is 39.0 Å². The lowest BCUT2D eigenvalue weighted by Crippen LogP contribution is -2.13. The number of methoxy groups -OCH3 is 1. The van der Waals surface area contributed by atoms with Gasteiger partial charge in [0.2, 0.25) is 0 Å². The fourth-order valence-corrected chi connectivity index (χ4v) is 2.24. The van der Waals surface area contributed by atoms with E-state index in [9.17, 15) is 14.0 Å². The summed E-state index contributed by atoms with van der Waals surface area (Å²) in [5.41, 5.74) is 11.8. The molecule has 132 valence electrons. The van der Waals surface area contributed by atoms with Gasteiger partial charge in [0.15, 0.2) is 11.6 Å². The van der Waals surface area contributed by atoms with E-state index in [0.717, 1.165) is 0 Å². The summed E-state index contributed by atoms with van der Waals surface area (Å²) < 4.78 is 19.9. The van der Waals surface area contributed by atoms with E-state index < -0.39 is 17.6 Å². The molecule has 24 heavy (non-hydrogen) atoms. The van der Waals surface area contributed by atoms with Crippen molar-refractivity contribution in [3.63, 3.8) is 0 Å². The first-order valence-corrected chi connectivity index (χ1v) is 7.60. The first-order chi connectivity index (χ1) is 11.2. The zero-order valence-corrected chi connectivity index (χ0v) is 14.1. The van der Waals surface area contributed by atoms with Crippen molar-refractivity contribution in [3.8, 4) is 5.75 Å². The Morgan fingerprint density at radius 1 is 1.42 bits per heavy atom. The van der Waals surface area contributed by atoms with Crippen LogP contribution in [0.3, 0.4) is 0 Å². The second-order valence-corrected chi connectivity index (χ2v) is 5.54. The van der Waals surface area contributed by atoms with Crippen LogP contribution in [0.25, 0.3) is 6.08 Å². The number of anilines is 1. The van der Waals surface area contributed by atoms with E-state index in [1.54, 1.807) is 0 Å². The quantitative estimate of drug-likeness (QED) is 0.496. The molecule has 5 N–H and O–H groups in total. The Morgan fingerprint density at radius 3 is 2.54 bits per heavy atom. The molecule has 0 heterocycles. The molecule has 0 fully saturated rings. The number of carbonyl (C=O) groups excluding carboxylic acids is 1. The number of aliphatic carboxylic acids is 1. The van der Waals surface area contributed by atoms with E-state index >= 15 is 0 Å². The van der Waals surface area contributed by atoms with Crippen molar-refractivity contribution in [2.24, 2.45) is 5.73 Å². The molecule has 1 rings (SSSR count). The van der Waals surface area contributed by atoms with Gasteiger partial charge in [-0.3, -0.25) is 9.59 Å². The van der Waals surface area contributed by atoms with Crippen molar-refractivity contribution in [3.05, 3.63) is 28.7 Å². The van der Waals surface area contributed by atoms with Crippen molar-refractivity contribution in [1.29, 1.82) is 0 Å². The minimum atomic E-state index is -1.10. The second kappa shape index (κ2) is 8.33. The number of allylic oxidation sites excluding steroid dienone is 1.